The maximum absolute atomic E-state index is 13.3. The van der Waals surface area contributed by atoms with Crippen molar-refractivity contribution in [3.05, 3.63) is 35.9 Å². The zero-order valence-corrected chi connectivity index (χ0v) is 40.0. The average Bonchev–Trinajstić information content (AvgIpc) is 3.32. The number of benzene rings is 1. The van der Waals surface area contributed by atoms with Gasteiger partial charge in [0, 0.05) is 19.4 Å². The number of aliphatic hydroxyl groups excluding tert-OH is 2. The molecular weight excluding hydrogens is 989 g/mol. The van der Waals surface area contributed by atoms with E-state index in [1.807, 2.05) is 0 Å². The number of amides is 10. The number of hydrogen-bond donors (Lipinski definition) is 18. The largest absolute Gasteiger partial charge is 0.481 e. The van der Waals surface area contributed by atoms with E-state index in [2.05, 4.69) is 52.8 Å². The van der Waals surface area contributed by atoms with Crippen LogP contribution in [-0.2, 0) is 68.7 Å². The van der Waals surface area contributed by atoms with Gasteiger partial charge in [-0.1, -0.05) is 30.3 Å². The van der Waals surface area contributed by atoms with Crippen molar-refractivity contribution >= 4 is 82.9 Å². The number of aliphatic carboxylic acids is 3. The number of carboxylic acid groups (broad SMARTS) is 3. The second-order valence-corrected chi connectivity index (χ2v) is 16.2. The van der Waals surface area contributed by atoms with Gasteiger partial charge in [-0.05, 0) is 44.6 Å². The van der Waals surface area contributed by atoms with Gasteiger partial charge in [0.15, 0.2) is 5.96 Å². The van der Waals surface area contributed by atoms with E-state index in [1.165, 1.54) is 0 Å². The predicted octanol–water partition coefficient (Wildman–Crippen LogP) is -9.07. The fourth-order valence-corrected chi connectivity index (χ4v) is 6.17. The summed E-state index contributed by atoms with van der Waals surface area (Å²) in [6.07, 6.45) is -4.88. The number of aliphatic imine (C=N–C) groups is 1. The van der Waals surface area contributed by atoms with Gasteiger partial charge < -0.3 is 96.3 Å². The van der Waals surface area contributed by atoms with Crippen LogP contribution in [0.4, 0.5) is 0 Å². The first-order valence-corrected chi connectivity index (χ1v) is 22.4. The Morgan fingerprint density at radius 1 is 0.568 bits per heavy atom. The van der Waals surface area contributed by atoms with E-state index < -0.39 is 184 Å². The molecule has 0 aliphatic heterocycles. The molecule has 0 aromatic heterocycles. The van der Waals surface area contributed by atoms with Crippen LogP contribution in [0.2, 0.25) is 0 Å². The van der Waals surface area contributed by atoms with Crippen molar-refractivity contribution in [2.45, 2.75) is 107 Å². The molecule has 74 heavy (non-hydrogen) atoms. The van der Waals surface area contributed by atoms with Gasteiger partial charge in [0.1, 0.15) is 36.3 Å². The van der Waals surface area contributed by atoms with Crippen LogP contribution in [0.25, 0.3) is 0 Å². The Morgan fingerprint density at radius 3 is 1.64 bits per heavy atom. The monoisotopic (exact) mass is 1050 g/mol. The van der Waals surface area contributed by atoms with Gasteiger partial charge >= 0.3 is 17.9 Å². The van der Waals surface area contributed by atoms with E-state index in [9.17, 15) is 82.8 Å². The zero-order valence-electron chi connectivity index (χ0n) is 40.0. The van der Waals surface area contributed by atoms with Crippen molar-refractivity contribution in [1.82, 2.24) is 47.9 Å². The summed E-state index contributed by atoms with van der Waals surface area (Å²) in [5.41, 5.74) is 22.4. The number of carbonyl (C=O) groups excluding carboxylic acids is 10. The molecule has 10 amide bonds. The average molecular weight is 1050 g/mol. The molecule has 0 unspecified atom stereocenters. The van der Waals surface area contributed by atoms with Crippen LogP contribution in [0.1, 0.15) is 57.4 Å². The number of aliphatic hydroxyl groups is 2. The molecule has 32 nitrogen and oxygen atoms in total. The smallest absolute Gasteiger partial charge is 0.326 e. The highest BCUT2D eigenvalue weighted by Gasteiger charge is 2.33. The lowest BCUT2D eigenvalue weighted by atomic mass is 10.1. The standard InChI is InChI=1S/C42H64N14O18/c1-20(58)34(56-31(62)17-48-29(60)16-49-37(69)26(15-33(65)66)55-35(67)22(43)14-21-6-3-2-4-7-21)40(72)53-24(9-11-28(44)59)36(68)50-18-30(61)51-27(19-57)39(71)52-23(8-5-13-47-42(45)46)38(70)54-25(41(73)74)10-12-32(63)64/h2-4,6-7,20,22-27,34,57-58H,5,8-19,43H2,1H3,(H2,44,59)(H,48,60)(H,49,69)(H,50,68)(H,51,61)(H,52,71)(H,53,72)(H,54,70)(H,55,67)(H,56,62)(H,63,64)(H,65,66)(H,73,74)(H4,45,46,47)/t20-,22+,23+,24+,25+,26+,27+,34+/m1/s1. The van der Waals surface area contributed by atoms with E-state index >= 15 is 0 Å². The van der Waals surface area contributed by atoms with Gasteiger partial charge in [-0.2, -0.15) is 0 Å². The summed E-state index contributed by atoms with van der Waals surface area (Å²) in [7, 11) is 0. The van der Waals surface area contributed by atoms with Crippen LogP contribution < -0.4 is 70.8 Å². The van der Waals surface area contributed by atoms with Crippen LogP contribution in [0, 0.1) is 0 Å². The minimum absolute atomic E-state index is 0.0300. The first-order chi connectivity index (χ1) is 34.7. The van der Waals surface area contributed by atoms with Crippen molar-refractivity contribution in [2.75, 3.05) is 32.8 Å². The van der Waals surface area contributed by atoms with Crippen molar-refractivity contribution < 1.29 is 87.9 Å². The Labute approximate surface area is 421 Å². The van der Waals surface area contributed by atoms with E-state index in [0.29, 0.717) is 5.56 Å². The molecule has 32 heteroatoms. The first-order valence-electron chi connectivity index (χ1n) is 22.4. The number of hydrogen-bond acceptors (Lipinski definition) is 17. The molecule has 0 saturated carbocycles. The number of nitrogens with zero attached hydrogens (tertiary/aromatic N) is 1. The molecule has 0 saturated heterocycles. The lowest BCUT2D eigenvalue weighted by molar-refractivity contribution is -0.143. The molecule has 1 rings (SSSR count). The van der Waals surface area contributed by atoms with Gasteiger partial charge in [0.2, 0.25) is 59.1 Å². The number of primary amides is 1. The molecule has 1 aromatic carbocycles. The summed E-state index contributed by atoms with van der Waals surface area (Å²) >= 11 is 0. The second kappa shape index (κ2) is 33.2. The number of rotatable bonds is 35. The Morgan fingerprint density at radius 2 is 1.08 bits per heavy atom. The highest BCUT2D eigenvalue weighted by atomic mass is 16.4. The van der Waals surface area contributed by atoms with Crippen molar-refractivity contribution in [3.63, 3.8) is 0 Å². The summed E-state index contributed by atoms with van der Waals surface area (Å²) in [5.74, 6) is -15.4. The number of nitrogens with one attached hydrogen (secondary N) is 9. The molecule has 0 aliphatic carbocycles. The fraction of sp³-hybridized carbons (Fsp3) is 0.524. The summed E-state index contributed by atoms with van der Waals surface area (Å²) < 4.78 is 0. The minimum atomic E-state index is -1.83. The van der Waals surface area contributed by atoms with Gasteiger partial charge in [0.25, 0.3) is 0 Å². The number of carbonyl (C=O) groups is 13. The summed E-state index contributed by atoms with van der Waals surface area (Å²) in [5, 5.41) is 67.3. The van der Waals surface area contributed by atoms with E-state index in [0.717, 1.165) is 6.92 Å². The van der Waals surface area contributed by atoms with Crippen molar-refractivity contribution in [2.24, 2.45) is 27.9 Å². The molecule has 8 atom stereocenters. The number of nitrogens with two attached hydrogens (primary N) is 4. The quantitative estimate of drug-likeness (QED) is 0.0170. The highest BCUT2D eigenvalue weighted by Crippen LogP contribution is 2.06. The molecule has 0 spiro atoms. The number of guanidine groups is 1. The van der Waals surface area contributed by atoms with Crippen LogP contribution in [-0.4, -0.2) is 190 Å². The van der Waals surface area contributed by atoms with E-state index in [4.69, 9.17) is 28.0 Å². The molecule has 22 N–H and O–H groups in total. The highest BCUT2D eigenvalue weighted by molar-refractivity contribution is 5.97. The zero-order chi connectivity index (χ0) is 56.1. The topological polar surface area (TPSA) is 548 Å². The van der Waals surface area contributed by atoms with Crippen molar-refractivity contribution in [1.29, 1.82) is 0 Å². The van der Waals surface area contributed by atoms with Gasteiger partial charge in [-0.25, -0.2) is 4.79 Å². The third kappa shape index (κ3) is 26.1. The molecule has 0 radical (unpaired) electrons. The van der Waals surface area contributed by atoms with Gasteiger partial charge in [0.05, 0.1) is 44.8 Å². The molecule has 0 aliphatic rings. The Bertz CT molecular complexity index is 2190. The van der Waals surface area contributed by atoms with Gasteiger partial charge in [-0.15, -0.1) is 0 Å². The van der Waals surface area contributed by atoms with Crippen LogP contribution in [0.3, 0.4) is 0 Å². The molecular formula is C42H64N14O18. The van der Waals surface area contributed by atoms with Crippen LogP contribution >= 0.6 is 0 Å². The predicted molar refractivity (Wildman–Crippen MR) is 253 cm³/mol. The normalized spacial score (nSPS) is 13.9. The van der Waals surface area contributed by atoms with E-state index in [1.54, 1.807) is 30.3 Å². The maximum Gasteiger partial charge on any atom is 0.326 e. The molecule has 0 fully saturated rings. The van der Waals surface area contributed by atoms with Crippen molar-refractivity contribution in [3.8, 4) is 0 Å². The molecule has 1 aromatic rings. The second-order valence-electron chi connectivity index (χ2n) is 16.2. The Hall–Kier alpha value is -8.52. The minimum Gasteiger partial charge on any atom is -0.481 e. The first kappa shape index (κ1) is 63.5. The Balaban J connectivity index is 2.93. The SMILES string of the molecule is C[C@@H](O)[C@H](NC(=O)CNC(=O)CNC(=O)[C@H](CC(=O)O)NC(=O)[C@@H](N)Cc1ccccc1)C(=O)N[C@@H](CCC(N)=O)C(=O)NCC(=O)N[C@@H](CO)C(=O)N[C@@H](CCCN=C(N)N)C(=O)N[C@@H](CCC(=O)O)C(=O)O. The summed E-state index contributed by atoms with van der Waals surface area (Å²) in [6.45, 7) is -2.72. The van der Waals surface area contributed by atoms with Crippen LogP contribution in [0.15, 0.2) is 35.3 Å². The van der Waals surface area contributed by atoms with E-state index in [-0.39, 0.29) is 31.8 Å². The molecule has 0 heterocycles. The summed E-state index contributed by atoms with van der Waals surface area (Å²) in [4.78, 5) is 166. The summed E-state index contributed by atoms with van der Waals surface area (Å²) in [6, 6.07) is -2.79. The van der Waals surface area contributed by atoms with Crippen LogP contribution in [0.5, 0.6) is 0 Å². The lowest BCUT2D eigenvalue weighted by Gasteiger charge is -2.25. The lowest BCUT2D eigenvalue weighted by Crippen LogP contribution is -2.59. The number of carboxylic acids is 3. The Kier molecular flexibility index (Phi) is 28.5. The third-order valence-electron chi connectivity index (χ3n) is 10.0. The maximum atomic E-state index is 13.3. The molecule has 410 valence electrons. The fourth-order valence-electron chi connectivity index (χ4n) is 6.17. The van der Waals surface area contributed by atoms with Gasteiger partial charge in [-0.3, -0.25) is 62.5 Å². The third-order valence-corrected chi connectivity index (χ3v) is 10.0. The molecule has 0 bridgehead atoms.